The maximum Gasteiger partial charge on any atom is 2.00 e. The molecular formula is C38H36CaN14O12. The monoisotopic (exact) mass is 920 g/mol. The van der Waals surface area contributed by atoms with Crippen LogP contribution in [0.25, 0.3) is 22.3 Å². The van der Waals surface area contributed by atoms with E-state index < -0.39 is 71.7 Å². The molecule has 2 amide bonds. The summed E-state index contributed by atoms with van der Waals surface area (Å²) < 4.78 is 0. The molecule has 26 nitrogen and oxygen atoms in total. The van der Waals surface area contributed by atoms with E-state index in [4.69, 9.17) is 21.7 Å². The number of aromatic amines is 2. The molecule has 2 aromatic carbocycles. The van der Waals surface area contributed by atoms with Gasteiger partial charge >= 0.3 is 49.7 Å². The van der Waals surface area contributed by atoms with Crippen molar-refractivity contribution in [1.29, 1.82) is 0 Å². The van der Waals surface area contributed by atoms with E-state index in [0.717, 1.165) is 0 Å². The standard InChI is InChI=1S/2C19H19N7O6.Ca/c2*20-19-25-15-14(17(30)26-19)23-11(8-22-15)7-21-10-3-1-9(2-4-10)16(29)24-12(18(31)32)5-6-13(27)28;/h2*1-4,8,12,21H,5-7H2,(H,24,29)(H,27,28)(H,31,32)(H3,20,22,25,26,30);/q;;+2/p-2/t2*12-;/m00./s1. The van der Waals surface area contributed by atoms with E-state index in [1.165, 1.54) is 36.7 Å². The van der Waals surface area contributed by atoms with Crippen molar-refractivity contribution in [3.05, 3.63) is 104 Å². The average Bonchev–Trinajstić information content (AvgIpc) is 3.25. The van der Waals surface area contributed by atoms with Crippen molar-refractivity contribution in [3.8, 4) is 0 Å². The van der Waals surface area contributed by atoms with Gasteiger partial charge in [-0.15, -0.1) is 0 Å². The van der Waals surface area contributed by atoms with Crippen LogP contribution in [0.5, 0.6) is 0 Å². The molecule has 0 bridgehead atoms. The normalized spacial score (nSPS) is 11.4. The molecule has 27 heteroatoms. The Labute approximate surface area is 393 Å². The zero-order chi connectivity index (χ0) is 46.5. The van der Waals surface area contributed by atoms with Crippen LogP contribution in [-0.4, -0.2) is 136 Å². The number of nitrogens with one attached hydrogen (secondary N) is 6. The van der Waals surface area contributed by atoms with Gasteiger partial charge in [0.05, 0.1) is 36.9 Å². The predicted octanol–water partition coefficient (Wildman–Crippen LogP) is -3.14. The molecule has 4 aromatic heterocycles. The number of hydrogen-bond acceptors (Lipinski definition) is 20. The number of nitrogen functional groups attached to an aromatic ring is 2. The third-order valence-electron chi connectivity index (χ3n) is 8.69. The topological polar surface area (TPSA) is 432 Å². The van der Waals surface area contributed by atoms with Crippen LogP contribution in [0.3, 0.4) is 0 Å². The fraction of sp³-hybridized carbons (Fsp3) is 0.211. The maximum atomic E-state index is 12.3. The molecule has 2 atom stereocenters. The van der Waals surface area contributed by atoms with Gasteiger partial charge in [-0.25, -0.2) is 29.5 Å². The number of nitrogens with zero attached hydrogens (tertiary/aromatic N) is 6. The van der Waals surface area contributed by atoms with Crippen LogP contribution in [0.4, 0.5) is 23.3 Å². The van der Waals surface area contributed by atoms with Gasteiger partial charge in [0.15, 0.2) is 22.3 Å². The van der Waals surface area contributed by atoms with Crippen LogP contribution in [0.2, 0.25) is 0 Å². The van der Waals surface area contributed by atoms with Gasteiger partial charge in [0, 0.05) is 34.4 Å². The van der Waals surface area contributed by atoms with E-state index in [9.17, 15) is 48.6 Å². The Balaban J connectivity index is 0.000000280. The second-order valence-corrected chi connectivity index (χ2v) is 13.4. The van der Waals surface area contributed by atoms with E-state index >= 15 is 0 Å². The van der Waals surface area contributed by atoms with Crippen LogP contribution >= 0.6 is 0 Å². The molecule has 6 rings (SSSR count). The molecule has 0 aliphatic carbocycles. The molecule has 0 unspecified atom stereocenters. The van der Waals surface area contributed by atoms with E-state index in [-0.39, 0.29) is 109 Å². The summed E-state index contributed by atoms with van der Waals surface area (Å²) >= 11 is 0. The summed E-state index contributed by atoms with van der Waals surface area (Å²) in [5.74, 6) is -6.91. The van der Waals surface area contributed by atoms with E-state index in [1.807, 2.05) is 0 Å². The van der Waals surface area contributed by atoms with Crippen LogP contribution in [0, 0.1) is 0 Å². The molecule has 65 heavy (non-hydrogen) atoms. The summed E-state index contributed by atoms with van der Waals surface area (Å²) in [7, 11) is 0. The van der Waals surface area contributed by atoms with Gasteiger partial charge in [0.2, 0.25) is 11.9 Å². The molecule has 12 N–H and O–H groups in total. The molecule has 0 saturated heterocycles. The van der Waals surface area contributed by atoms with E-state index in [2.05, 4.69) is 61.1 Å². The average molecular weight is 921 g/mol. The second kappa shape index (κ2) is 23.0. The van der Waals surface area contributed by atoms with Crippen LogP contribution < -0.4 is 54.1 Å². The Hall–Kier alpha value is -7.84. The number of hydrogen-bond donors (Lipinski definition) is 10. The minimum absolute atomic E-state index is 0. The molecule has 332 valence electrons. The Morgan fingerprint density at radius 3 is 1.28 bits per heavy atom. The summed E-state index contributed by atoms with van der Waals surface area (Å²) in [6.07, 6.45) is 1.32. The SMILES string of the molecule is Nc1nc2ncc(CNc3ccc(C(=O)N[C@@H](CCC(=O)[O-])C(=O)O)cc3)nc2c(=O)[nH]1.Nc1nc2ncc(CNc3ccc(C(=O)N[C@@H](CCC(=O)[O-])C(=O)O)cc3)nc2c(=O)[nH]1.[Ca+2]. The Bertz CT molecular complexity index is 2650. The molecule has 4 heterocycles. The van der Waals surface area contributed by atoms with Crippen LogP contribution in [0.15, 0.2) is 70.5 Å². The number of carboxylic acids is 4. The van der Waals surface area contributed by atoms with Crippen molar-refractivity contribution < 1.29 is 49.2 Å². The van der Waals surface area contributed by atoms with Crippen molar-refractivity contribution in [3.63, 3.8) is 0 Å². The summed E-state index contributed by atoms with van der Waals surface area (Å²) in [4.78, 5) is 121. The number of H-pyrrole nitrogens is 2. The summed E-state index contributed by atoms with van der Waals surface area (Å²) in [6.45, 7) is 0.450. The van der Waals surface area contributed by atoms with Gasteiger partial charge in [-0.2, -0.15) is 9.97 Å². The van der Waals surface area contributed by atoms with Crippen molar-refractivity contribution in [2.75, 3.05) is 22.1 Å². The first-order valence-corrected chi connectivity index (χ1v) is 18.6. The van der Waals surface area contributed by atoms with Crippen molar-refractivity contribution >= 4 is 119 Å². The summed E-state index contributed by atoms with van der Waals surface area (Å²) in [5.41, 5.74) is 12.9. The summed E-state index contributed by atoms with van der Waals surface area (Å²) in [5, 5.41) is 49.9. The number of carbonyl (C=O) groups excluding carboxylic acids is 4. The Kier molecular flexibility index (Phi) is 17.6. The number of fused-ring (bicyclic) bond motifs is 2. The first kappa shape index (κ1) is 49.8. The van der Waals surface area contributed by atoms with E-state index in [1.54, 1.807) is 24.3 Å². The molecule has 0 saturated carbocycles. The fourth-order valence-electron chi connectivity index (χ4n) is 5.50. The Morgan fingerprint density at radius 2 is 0.954 bits per heavy atom. The fourth-order valence-corrected chi connectivity index (χ4v) is 5.50. The second-order valence-electron chi connectivity index (χ2n) is 13.4. The number of nitrogens with two attached hydrogens (primary N) is 2. The number of benzene rings is 2. The number of rotatable bonds is 18. The molecule has 0 spiro atoms. The zero-order valence-electron chi connectivity index (χ0n) is 33.7. The minimum atomic E-state index is -1.40. The van der Waals surface area contributed by atoms with E-state index in [0.29, 0.717) is 22.8 Å². The Morgan fingerprint density at radius 1 is 0.600 bits per heavy atom. The molecule has 0 aliphatic rings. The first-order chi connectivity index (χ1) is 30.4. The molecular weight excluding hydrogens is 885 g/mol. The van der Waals surface area contributed by atoms with Crippen LogP contribution in [-0.2, 0) is 32.3 Å². The van der Waals surface area contributed by atoms with Crippen molar-refractivity contribution in [1.82, 2.24) is 50.5 Å². The van der Waals surface area contributed by atoms with Gasteiger partial charge < -0.3 is 62.7 Å². The molecule has 6 aromatic rings. The quantitative estimate of drug-likeness (QED) is 0.0381. The number of anilines is 4. The third-order valence-corrected chi connectivity index (χ3v) is 8.69. The molecule has 0 radical (unpaired) electrons. The largest absolute Gasteiger partial charge is 2.00 e. The van der Waals surface area contributed by atoms with Gasteiger partial charge in [0.25, 0.3) is 22.9 Å². The number of carbonyl (C=O) groups is 6. The van der Waals surface area contributed by atoms with Crippen molar-refractivity contribution in [2.45, 2.75) is 50.9 Å². The number of amides is 2. The van der Waals surface area contributed by atoms with Gasteiger partial charge in [-0.3, -0.25) is 29.1 Å². The number of carboxylic acid groups (broad SMARTS) is 4. The van der Waals surface area contributed by atoms with Gasteiger partial charge in [-0.05, 0) is 74.2 Å². The smallest absolute Gasteiger partial charge is 0.550 e. The number of aliphatic carboxylic acids is 4. The van der Waals surface area contributed by atoms with Crippen molar-refractivity contribution in [2.24, 2.45) is 0 Å². The first-order valence-electron chi connectivity index (χ1n) is 18.6. The number of aromatic nitrogens is 8. The maximum absolute atomic E-state index is 12.3. The molecule has 0 fully saturated rings. The summed E-state index contributed by atoms with van der Waals surface area (Å²) in [6, 6.07) is 9.56. The predicted molar refractivity (Wildman–Crippen MR) is 224 cm³/mol. The van der Waals surface area contributed by atoms with Gasteiger partial charge in [-0.1, -0.05) is 0 Å². The van der Waals surface area contributed by atoms with Gasteiger partial charge in [0.1, 0.15) is 12.1 Å². The minimum Gasteiger partial charge on any atom is -0.550 e. The van der Waals surface area contributed by atoms with Crippen LogP contribution in [0.1, 0.15) is 57.8 Å². The molecule has 0 aliphatic heterocycles. The zero-order valence-corrected chi connectivity index (χ0v) is 35.9. The third kappa shape index (κ3) is 14.6.